The van der Waals surface area contributed by atoms with Gasteiger partial charge in [-0.2, -0.15) is 0 Å². The molecule has 0 bridgehead atoms. The number of aliphatic carboxylic acids is 1. The van der Waals surface area contributed by atoms with Gasteiger partial charge in [-0.15, -0.1) is 11.8 Å². The Balaban J connectivity index is 1.22. The van der Waals surface area contributed by atoms with Crippen LogP contribution in [0.5, 0.6) is 0 Å². The number of nitrogens with zero attached hydrogens (tertiary/aromatic N) is 1. The highest BCUT2D eigenvalue weighted by Crippen LogP contribution is 2.75. The molecule has 6 rings (SSSR count). The van der Waals surface area contributed by atoms with Crippen LogP contribution in [0.3, 0.4) is 0 Å². The lowest BCUT2D eigenvalue weighted by Gasteiger charge is -2.44. The molecule has 3 heterocycles. The van der Waals surface area contributed by atoms with Crippen molar-refractivity contribution >= 4 is 35.6 Å². The number of carbonyl (C=O) groups is 4. The second-order valence-corrected chi connectivity index (χ2v) is 15.7. The molecule has 0 radical (unpaired) electrons. The van der Waals surface area contributed by atoms with Gasteiger partial charge in [0.1, 0.15) is 35.2 Å². The van der Waals surface area contributed by atoms with E-state index >= 15 is 0 Å². The molecule has 240 valence electrons. The van der Waals surface area contributed by atoms with Crippen molar-refractivity contribution < 1.29 is 54.2 Å². The Morgan fingerprint density at radius 2 is 1.64 bits per heavy atom. The summed E-state index contributed by atoms with van der Waals surface area (Å²) in [6.07, 6.45) is -5.65. The van der Waals surface area contributed by atoms with Crippen molar-refractivity contribution in [2.75, 3.05) is 0 Å². The van der Waals surface area contributed by atoms with Crippen molar-refractivity contribution in [1.82, 2.24) is 15.5 Å². The largest absolute Gasteiger partial charge is 0.480 e. The van der Waals surface area contributed by atoms with E-state index in [9.17, 15) is 44.7 Å². The maximum atomic E-state index is 13.6. The fourth-order valence-electron chi connectivity index (χ4n) is 7.40. The van der Waals surface area contributed by atoms with Crippen LogP contribution in [0.15, 0.2) is 30.3 Å². The van der Waals surface area contributed by atoms with Crippen LogP contribution in [-0.4, -0.2) is 112 Å². The lowest BCUT2D eigenvalue weighted by molar-refractivity contribution is -0.208. The maximum Gasteiger partial charge on any atom is 0.408 e. The number of carbonyl (C=O) groups excluding carboxylic acids is 3. The molecule has 14 nitrogen and oxygen atoms in total. The van der Waals surface area contributed by atoms with Crippen molar-refractivity contribution in [3.8, 4) is 0 Å². The van der Waals surface area contributed by atoms with Crippen LogP contribution in [0.1, 0.15) is 53.1 Å². The summed E-state index contributed by atoms with van der Waals surface area (Å²) >= 11 is 1.25. The van der Waals surface area contributed by atoms with Gasteiger partial charge >= 0.3 is 12.1 Å². The van der Waals surface area contributed by atoms with Gasteiger partial charge in [0.15, 0.2) is 11.7 Å². The number of aliphatic hydroxyl groups is 4. The number of carboxylic acids is 1. The summed E-state index contributed by atoms with van der Waals surface area (Å²) < 4.78 is 10.5. The van der Waals surface area contributed by atoms with Crippen LogP contribution in [0.2, 0.25) is 0 Å². The van der Waals surface area contributed by atoms with Gasteiger partial charge in [0, 0.05) is 10.2 Å². The average Bonchev–Trinajstić information content (AvgIpc) is 3.31. The molecule has 6 unspecified atom stereocenters. The van der Waals surface area contributed by atoms with Gasteiger partial charge in [-0.25, -0.2) is 9.59 Å². The highest BCUT2D eigenvalue weighted by atomic mass is 32.2. The first kappa shape index (κ1) is 31.0. The molecule has 5 fully saturated rings. The number of amides is 3. The number of hydrogen-bond acceptors (Lipinski definition) is 11. The van der Waals surface area contributed by atoms with E-state index in [2.05, 4.69) is 10.6 Å². The summed E-state index contributed by atoms with van der Waals surface area (Å²) in [4.78, 5) is 53.1. The number of nitrogens with one attached hydrogen (secondary N) is 2. The number of thioether (sulfide) groups is 1. The summed E-state index contributed by atoms with van der Waals surface area (Å²) in [5.74, 6) is -4.67. The van der Waals surface area contributed by atoms with Crippen LogP contribution < -0.4 is 10.6 Å². The summed E-state index contributed by atoms with van der Waals surface area (Å²) in [5.41, 5.74) is -6.19. The molecule has 3 saturated heterocycles. The topological polar surface area (TPSA) is 215 Å². The third-order valence-electron chi connectivity index (χ3n) is 10.6. The number of carboxylic acid groups (broad SMARTS) is 1. The van der Waals surface area contributed by atoms with E-state index in [0.717, 1.165) is 0 Å². The summed E-state index contributed by atoms with van der Waals surface area (Å²) in [5, 5.41) is 58.5. The monoisotopic (exact) mass is 635 g/mol. The van der Waals surface area contributed by atoms with E-state index in [-0.39, 0.29) is 0 Å². The molecular weight excluding hydrogens is 598 g/mol. The summed E-state index contributed by atoms with van der Waals surface area (Å²) in [6, 6.07) is 4.59. The Morgan fingerprint density at radius 1 is 1.05 bits per heavy atom. The van der Waals surface area contributed by atoms with Gasteiger partial charge in [-0.1, -0.05) is 58.0 Å². The van der Waals surface area contributed by atoms with Gasteiger partial charge in [-0.05, 0) is 19.4 Å². The molecule has 2 saturated carbocycles. The average molecular weight is 636 g/mol. The first-order valence-corrected chi connectivity index (χ1v) is 15.2. The van der Waals surface area contributed by atoms with E-state index < -0.39 is 98.3 Å². The molecule has 10 atom stereocenters. The quantitative estimate of drug-likeness (QED) is 0.188. The highest BCUT2D eigenvalue weighted by molar-refractivity contribution is 8.01. The van der Waals surface area contributed by atoms with Crippen LogP contribution in [-0.2, 0) is 23.9 Å². The zero-order chi connectivity index (χ0) is 32.6. The molecular formula is C29H37N3O11S. The Hall–Kier alpha value is -2.95. The fraction of sp³-hybridized carbons (Fsp3) is 0.655. The second-order valence-electron chi connectivity index (χ2n) is 13.9. The van der Waals surface area contributed by atoms with E-state index in [0.29, 0.717) is 5.56 Å². The SMILES string of the molecule is CC1(C)SC2C(NC(=O)C(NC(=O)O[C@H]3[C@@H]([C@]4(O)C(O)C4(C)C)OC4(O)C(C)(C)[C@@]34O)c3ccccc3)C(=O)N2C1C(=O)O. The molecule has 15 heteroatoms. The lowest BCUT2D eigenvalue weighted by Crippen LogP contribution is -2.71. The molecule has 1 aromatic carbocycles. The smallest absolute Gasteiger partial charge is 0.408 e. The van der Waals surface area contributed by atoms with Gasteiger partial charge in [0.2, 0.25) is 17.6 Å². The third kappa shape index (κ3) is 3.62. The number of alkyl carbamates (subject to hydrolysis) is 1. The van der Waals surface area contributed by atoms with E-state index in [4.69, 9.17) is 9.47 Å². The van der Waals surface area contributed by atoms with Crippen molar-refractivity contribution in [3.05, 3.63) is 35.9 Å². The number of ether oxygens (including phenoxy) is 2. The van der Waals surface area contributed by atoms with E-state index in [1.807, 2.05) is 0 Å². The Bertz CT molecular complexity index is 1450. The summed E-state index contributed by atoms with van der Waals surface area (Å²) in [6.45, 7) is 9.52. The van der Waals surface area contributed by atoms with E-state index in [1.54, 1.807) is 58.0 Å². The molecule has 3 aliphatic heterocycles. The maximum absolute atomic E-state index is 13.6. The first-order chi connectivity index (χ1) is 20.2. The number of rotatable bonds is 7. The van der Waals surface area contributed by atoms with Gasteiger partial charge in [-0.3, -0.25) is 9.59 Å². The number of β-lactam (4-membered cyclic amide) rings is 1. The van der Waals surface area contributed by atoms with Crippen molar-refractivity contribution in [2.24, 2.45) is 10.8 Å². The predicted molar refractivity (Wildman–Crippen MR) is 152 cm³/mol. The minimum absolute atomic E-state index is 0.326. The minimum Gasteiger partial charge on any atom is -0.480 e. The lowest BCUT2D eigenvalue weighted by atomic mass is 9.90. The number of hydrogen-bond donors (Lipinski definition) is 7. The Morgan fingerprint density at radius 3 is 2.18 bits per heavy atom. The van der Waals surface area contributed by atoms with Gasteiger partial charge < -0.3 is 50.5 Å². The molecule has 7 N–H and O–H groups in total. The zero-order valence-electron chi connectivity index (χ0n) is 25.0. The number of aliphatic hydroxyl groups excluding tert-OH is 1. The first-order valence-electron chi connectivity index (χ1n) is 14.3. The second kappa shape index (κ2) is 9.07. The molecule has 0 aromatic heterocycles. The fourth-order valence-corrected chi connectivity index (χ4v) is 9.03. The van der Waals surface area contributed by atoms with Gasteiger partial charge in [0.25, 0.3) is 0 Å². The van der Waals surface area contributed by atoms with Crippen molar-refractivity contribution in [1.29, 1.82) is 0 Å². The number of fused-ring (bicyclic) bond motifs is 2. The van der Waals surface area contributed by atoms with Crippen molar-refractivity contribution in [3.63, 3.8) is 0 Å². The van der Waals surface area contributed by atoms with Crippen molar-refractivity contribution in [2.45, 2.75) is 105 Å². The molecule has 0 spiro atoms. The third-order valence-corrected chi connectivity index (χ3v) is 12.2. The molecule has 5 aliphatic rings. The highest BCUT2D eigenvalue weighted by Gasteiger charge is 2.97. The minimum atomic E-state index is -2.18. The predicted octanol–water partition coefficient (Wildman–Crippen LogP) is -0.556. The number of benzene rings is 1. The Kier molecular flexibility index (Phi) is 6.40. The molecule has 44 heavy (non-hydrogen) atoms. The van der Waals surface area contributed by atoms with Crippen LogP contribution in [0.25, 0.3) is 0 Å². The van der Waals surface area contributed by atoms with Crippen LogP contribution >= 0.6 is 11.8 Å². The van der Waals surface area contributed by atoms with E-state index in [1.165, 1.54) is 30.5 Å². The normalized spacial score (nSPS) is 42.3. The molecule has 3 amide bonds. The Labute approximate surface area is 257 Å². The summed E-state index contributed by atoms with van der Waals surface area (Å²) in [7, 11) is 0. The molecule has 2 aliphatic carbocycles. The standard InChI is InChI=1S/C29H37N3O11S/c1-24(2)22(37)27(24,39)16-17(28(40)26(5,6)29(28,41)43-16)42-23(38)31-13(12-10-8-7-9-11-12)18(33)30-14-19(34)32-15(21(35)36)25(3,4)44-20(14)32/h7-11,13-17,20,22,37,39-41H,1-6H3,(H,30,33)(H,31,38)(H,35,36)/t13?,14?,15?,16-,17-,20?,22?,27-,28-,29?/m0/s1. The van der Waals surface area contributed by atoms with Crippen LogP contribution in [0, 0.1) is 10.8 Å². The zero-order valence-corrected chi connectivity index (χ0v) is 25.8. The molecule has 1 aromatic rings. The van der Waals surface area contributed by atoms with Gasteiger partial charge in [0.05, 0.1) is 11.5 Å². The van der Waals surface area contributed by atoms with Crippen LogP contribution in [0.4, 0.5) is 4.79 Å².